The number of hydrogen-bond acceptors (Lipinski definition) is 4. The first-order valence-corrected chi connectivity index (χ1v) is 4.38. The van der Waals surface area contributed by atoms with E-state index in [1.54, 1.807) is 0 Å². The molecule has 0 atom stereocenters. The lowest BCUT2D eigenvalue weighted by Gasteiger charge is -2.19. The van der Waals surface area contributed by atoms with Crippen LogP contribution in [-0.4, -0.2) is 35.8 Å². The van der Waals surface area contributed by atoms with Crippen molar-refractivity contribution in [2.75, 3.05) is 13.7 Å². The van der Waals surface area contributed by atoms with Crippen LogP contribution in [0.2, 0.25) is 0 Å². The number of alkyl halides is 5. The fraction of sp³-hybridized carbons (Fsp3) is 0.500. The molecule has 0 aliphatic carbocycles. The minimum absolute atomic E-state index is 0.588. The van der Waals surface area contributed by atoms with E-state index >= 15 is 0 Å². The zero-order chi connectivity index (χ0) is 14.0. The Hall–Kier alpha value is -1.87. The molecule has 1 aromatic rings. The summed E-state index contributed by atoms with van der Waals surface area (Å²) < 4.78 is 69.3. The maximum atomic E-state index is 12.5. The fourth-order valence-corrected chi connectivity index (χ4v) is 0.894. The summed E-state index contributed by atoms with van der Waals surface area (Å²) in [5, 5.41) is 0. The second kappa shape index (κ2) is 4.78. The molecule has 1 N–H and O–H groups in total. The second-order valence-electron chi connectivity index (χ2n) is 3.06. The Labute approximate surface area is 96.5 Å². The molecule has 0 amide bonds. The molecular formula is C8H7F5N2O3. The molecule has 10 heteroatoms. The number of aromatic nitrogens is 2. The SMILES string of the molecule is COc1c(OCC(F)(F)C(F)(F)F)nc[nH]c1=O. The molecule has 0 spiro atoms. The molecule has 0 unspecified atom stereocenters. The van der Waals surface area contributed by atoms with E-state index < -0.39 is 35.9 Å². The summed E-state index contributed by atoms with van der Waals surface area (Å²) in [6, 6.07) is 0. The number of nitrogens with one attached hydrogen (secondary N) is 1. The molecule has 1 rings (SSSR count). The first-order chi connectivity index (χ1) is 8.19. The van der Waals surface area contributed by atoms with Gasteiger partial charge in [0, 0.05) is 0 Å². The summed E-state index contributed by atoms with van der Waals surface area (Å²) in [6.45, 7) is -2.00. The number of rotatable bonds is 4. The van der Waals surface area contributed by atoms with Crippen LogP contribution in [0.4, 0.5) is 22.0 Å². The smallest absolute Gasteiger partial charge is 0.456 e. The number of halogens is 5. The summed E-state index contributed by atoms with van der Waals surface area (Å²) in [6.07, 6.45) is -4.96. The number of ether oxygens (including phenoxy) is 2. The Kier molecular flexibility index (Phi) is 3.77. The standard InChI is InChI=1S/C8H7F5N2O3/c1-17-4-5(16)14-3-15-6(4)18-2-7(9,10)8(11,12)13/h3H,2H2,1H3,(H,14,15,16). The predicted octanol–water partition coefficient (Wildman–Crippen LogP) is 1.35. The average molecular weight is 274 g/mol. The Balaban J connectivity index is 2.88. The van der Waals surface area contributed by atoms with Crippen molar-refractivity contribution < 1.29 is 31.4 Å². The van der Waals surface area contributed by atoms with Crippen LogP contribution < -0.4 is 15.0 Å². The number of hydrogen-bond donors (Lipinski definition) is 1. The molecule has 5 nitrogen and oxygen atoms in total. The van der Waals surface area contributed by atoms with Gasteiger partial charge in [0.25, 0.3) is 11.4 Å². The van der Waals surface area contributed by atoms with E-state index in [2.05, 4.69) is 14.5 Å². The van der Waals surface area contributed by atoms with Gasteiger partial charge in [-0.1, -0.05) is 0 Å². The number of methoxy groups -OCH3 is 1. The highest BCUT2D eigenvalue weighted by molar-refractivity contribution is 5.29. The highest BCUT2D eigenvalue weighted by atomic mass is 19.4. The summed E-state index contributed by atoms with van der Waals surface area (Å²) in [4.78, 5) is 16.4. The molecule has 1 heterocycles. The van der Waals surface area contributed by atoms with Crippen LogP contribution in [0.15, 0.2) is 11.1 Å². The quantitative estimate of drug-likeness (QED) is 0.842. The molecular weight excluding hydrogens is 267 g/mol. The van der Waals surface area contributed by atoms with Gasteiger partial charge >= 0.3 is 12.1 Å². The molecule has 0 saturated heterocycles. The normalized spacial score (nSPS) is 12.3. The topological polar surface area (TPSA) is 64.2 Å². The van der Waals surface area contributed by atoms with Crippen molar-refractivity contribution in [3.05, 3.63) is 16.7 Å². The minimum Gasteiger partial charge on any atom is -0.487 e. The average Bonchev–Trinajstić information content (AvgIpc) is 2.25. The molecule has 0 radical (unpaired) electrons. The lowest BCUT2D eigenvalue weighted by atomic mass is 10.3. The van der Waals surface area contributed by atoms with Gasteiger partial charge in [0.05, 0.1) is 13.4 Å². The Morgan fingerprint density at radius 1 is 1.33 bits per heavy atom. The Morgan fingerprint density at radius 2 is 1.94 bits per heavy atom. The van der Waals surface area contributed by atoms with Gasteiger partial charge < -0.3 is 14.5 Å². The Bertz CT molecular complexity index is 471. The molecule has 0 aliphatic rings. The highest BCUT2D eigenvalue weighted by Gasteiger charge is 2.58. The van der Waals surface area contributed by atoms with E-state index in [1.165, 1.54) is 0 Å². The molecule has 0 aliphatic heterocycles. The van der Waals surface area contributed by atoms with Crippen LogP contribution in [0.5, 0.6) is 11.6 Å². The van der Waals surface area contributed by atoms with Crippen molar-refractivity contribution in [3.63, 3.8) is 0 Å². The van der Waals surface area contributed by atoms with Gasteiger partial charge in [-0.25, -0.2) is 4.98 Å². The third kappa shape index (κ3) is 2.87. The molecule has 1 aromatic heterocycles. The van der Waals surface area contributed by atoms with E-state index in [0.717, 1.165) is 13.4 Å². The summed E-state index contributed by atoms with van der Waals surface area (Å²) in [5.41, 5.74) is -0.863. The van der Waals surface area contributed by atoms with Crippen LogP contribution in [0.25, 0.3) is 0 Å². The first kappa shape index (κ1) is 14.2. The lowest BCUT2D eigenvalue weighted by molar-refractivity contribution is -0.290. The van der Waals surface area contributed by atoms with Gasteiger partial charge in [0.2, 0.25) is 5.75 Å². The first-order valence-electron chi connectivity index (χ1n) is 4.38. The van der Waals surface area contributed by atoms with Gasteiger partial charge in [-0.05, 0) is 0 Å². The van der Waals surface area contributed by atoms with Gasteiger partial charge in [-0.2, -0.15) is 22.0 Å². The number of aromatic amines is 1. The summed E-state index contributed by atoms with van der Waals surface area (Å²) in [7, 11) is 1.01. The highest BCUT2D eigenvalue weighted by Crippen LogP contribution is 2.36. The van der Waals surface area contributed by atoms with Gasteiger partial charge in [-0.15, -0.1) is 0 Å². The number of H-pyrrole nitrogens is 1. The fourth-order valence-electron chi connectivity index (χ4n) is 0.894. The number of nitrogens with zero attached hydrogens (tertiary/aromatic N) is 1. The van der Waals surface area contributed by atoms with Crippen molar-refractivity contribution in [1.29, 1.82) is 0 Å². The second-order valence-corrected chi connectivity index (χ2v) is 3.06. The van der Waals surface area contributed by atoms with E-state index in [9.17, 15) is 26.7 Å². The van der Waals surface area contributed by atoms with Crippen molar-refractivity contribution in [1.82, 2.24) is 9.97 Å². The van der Waals surface area contributed by atoms with Crippen LogP contribution in [0, 0.1) is 0 Å². The molecule has 0 aromatic carbocycles. The zero-order valence-electron chi connectivity index (χ0n) is 8.85. The minimum atomic E-state index is -5.75. The lowest BCUT2D eigenvalue weighted by Crippen LogP contribution is -2.42. The summed E-state index contributed by atoms with van der Waals surface area (Å²) >= 11 is 0. The molecule has 0 bridgehead atoms. The maximum Gasteiger partial charge on any atom is 0.456 e. The third-order valence-electron chi connectivity index (χ3n) is 1.79. The zero-order valence-corrected chi connectivity index (χ0v) is 8.85. The monoisotopic (exact) mass is 274 g/mol. The van der Waals surface area contributed by atoms with E-state index in [0.29, 0.717) is 0 Å². The van der Waals surface area contributed by atoms with Crippen LogP contribution in [0.3, 0.4) is 0 Å². The molecule has 0 saturated carbocycles. The third-order valence-corrected chi connectivity index (χ3v) is 1.79. The largest absolute Gasteiger partial charge is 0.487 e. The van der Waals surface area contributed by atoms with Gasteiger partial charge in [0.1, 0.15) is 0 Å². The van der Waals surface area contributed by atoms with Crippen molar-refractivity contribution in [2.24, 2.45) is 0 Å². The van der Waals surface area contributed by atoms with Crippen molar-refractivity contribution >= 4 is 0 Å². The van der Waals surface area contributed by atoms with Crippen molar-refractivity contribution in [3.8, 4) is 11.6 Å². The van der Waals surface area contributed by atoms with Gasteiger partial charge in [-0.3, -0.25) is 4.79 Å². The van der Waals surface area contributed by atoms with Crippen molar-refractivity contribution in [2.45, 2.75) is 12.1 Å². The van der Waals surface area contributed by atoms with E-state index in [4.69, 9.17) is 0 Å². The molecule has 102 valence electrons. The van der Waals surface area contributed by atoms with Gasteiger partial charge in [0.15, 0.2) is 6.61 Å². The van der Waals surface area contributed by atoms with Crippen LogP contribution in [-0.2, 0) is 0 Å². The summed E-state index contributed by atoms with van der Waals surface area (Å²) in [5.74, 6) is -6.39. The maximum absolute atomic E-state index is 12.5. The van der Waals surface area contributed by atoms with Crippen LogP contribution in [0.1, 0.15) is 0 Å². The molecule has 18 heavy (non-hydrogen) atoms. The molecule has 0 fully saturated rings. The Morgan fingerprint density at radius 3 is 2.44 bits per heavy atom. The predicted molar refractivity (Wildman–Crippen MR) is 47.9 cm³/mol. The van der Waals surface area contributed by atoms with E-state index in [1.807, 2.05) is 4.98 Å². The van der Waals surface area contributed by atoms with Crippen LogP contribution >= 0.6 is 0 Å². The van der Waals surface area contributed by atoms with E-state index in [-0.39, 0.29) is 0 Å².